The normalized spacial score (nSPS) is 16.6. The van der Waals surface area contributed by atoms with Gasteiger partial charge < -0.3 is 9.30 Å². The van der Waals surface area contributed by atoms with Crippen molar-refractivity contribution in [2.45, 2.75) is 20.3 Å². The molecular weight excluding hydrogens is 446 g/mol. The predicted molar refractivity (Wildman–Crippen MR) is 137 cm³/mol. The average Bonchev–Trinajstić information content (AvgIpc) is 3.36. The highest BCUT2D eigenvalue weighted by molar-refractivity contribution is 8.26. The van der Waals surface area contributed by atoms with Crippen LogP contribution in [0.25, 0.3) is 11.8 Å². The maximum absolute atomic E-state index is 12.9. The van der Waals surface area contributed by atoms with E-state index in [1.807, 2.05) is 74.5 Å². The molecule has 1 N–H and O–H groups in total. The Morgan fingerprint density at radius 2 is 1.88 bits per heavy atom. The predicted octanol–water partition coefficient (Wildman–Crippen LogP) is 4.96. The van der Waals surface area contributed by atoms with Gasteiger partial charge in [-0.05, 0) is 61.0 Å². The first-order valence-electron chi connectivity index (χ1n) is 10.8. The molecule has 0 atom stereocenters. The molecule has 0 unspecified atom stereocenters. The fourth-order valence-electron chi connectivity index (χ4n) is 4.11. The Morgan fingerprint density at radius 1 is 1.09 bits per heavy atom. The van der Waals surface area contributed by atoms with Gasteiger partial charge in [0.05, 0.1) is 12.7 Å². The minimum atomic E-state index is -0.425. The van der Waals surface area contributed by atoms with Crippen molar-refractivity contribution in [1.29, 1.82) is 5.41 Å². The topological polar surface area (TPSA) is 83.0 Å². The van der Waals surface area contributed by atoms with E-state index >= 15 is 0 Å². The van der Waals surface area contributed by atoms with E-state index in [9.17, 15) is 4.79 Å². The molecule has 7 nitrogen and oxygen atoms in total. The minimum Gasteiger partial charge on any atom is -0.497 e. The number of ether oxygens (including phenoxy) is 1. The monoisotopic (exact) mass is 469 g/mol. The quantitative estimate of drug-likeness (QED) is 0.535. The summed E-state index contributed by atoms with van der Waals surface area (Å²) in [6.45, 7) is 4.00. The zero-order chi connectivity index (χ0) is 23.8. The molecule has 3 aromatic rings. The third-order valence-electron chi connectivity index (χ3n) is 5.78. The number of hydrogen-bond acceptors (Lipinski definition) is 5. The number of amides is 1. The first kappa shape index (κ1) is 21.9. The molecule has 8 heteroatoms. The molecule has 0 saturated heterocycles. The summed E-state index contributed by atoms with van der Waals surface area (Å²) in [5.41, 5.74) is 5.13. The molecule has 3 heterocycles. The van der Waals surface area contributed by atoms with Gasteiger partial charge in [0.1, 0.15) is 10.8 Å². The molecule has 2 aliphatic heterocycles. The largest absolute Gasteiger partial charge is 0.497 e. The number of amidine groups is 2. The molecule has 34 heavy (non-hydrogen) atoms. The summed E-state index contributed by atoms with van der Waals surface area (Å²) < 4.78 is 7.47. The van der Waals surface area contributed by atoms with E-state index in [2.05, 4.69) is 14.7 Å². The van der Waals surface area contributed by atoms with Crippen molar-refractivity contribution in [3.05, 3.63) is 88.8 Å². The van der Waals surface area contributed by atoms with Gasteiger partial charge in [0.15, 0.2) is 5.84 Å². The van der Waals surface area contributed by atoms with E-state index in [4.69, 9.17) is 10.1 Å². The second kappa shape index (κ2) is 8.79. The van der Waals surface area contributed by atoms with Gasteiger partial charge in [-0.3, -0.25) is 10.2 Å². The van der Waals surface area contributed by atoms with Crippen molar-refractivity contribution in [2.24, 2.45) is 10.1 Å². The summed E-state index contributed by atoms with van der Waals surface area (Å²) in [7, 11) is 1.64. The van der Waals surface area contributed by atoms with Crippen molar-refractivity contribution in [3.8, 4) is 11.4 Å². The maximum Gasteiger partial charge on any atom is 0.283 e. The molecule has 0 saturated carbocycles. The number of aliphatic imine (C=N–C) groups is 1. The number of methoxy groups -OCH3 is 1. The minimum absolute atomic E-state index is 0.0387. The smallest absolute Gasteiger partial charge is 0.283 e. The lowest BCUT2D eigenvalue weighted by molar-refractivity contribution is -0.114. The van der Waals surface area contributed by atoms with Crippen LogP contribution in [0.4, 0.5) is 0 Å². The Bertz CT molecular complexity index is 1400. The number of benzene rings is 2. The van der Waals surface area contributed by atoms with Crippen LogP contribution in [0.5, 0.6) is 5.75 Å². The SMILES string of the molecule is COc1cccc(-n2c(C)cc(C=C3C(=N)N4N=C(Cc5ccccc5)SC4=NC3=O)c2C)c1. The molecule has 5 rings (SSSR count). The van der Waals surface area contributed by atoms with Gasteiger partial charge in [-0.1, -0.05) is 36.4 Å². The fourth-order valence-corrected chi connectivity index (χ4v) is 5.03. The summed E-state index contributed by atoms with van der Waals surface area (Å²) in [5, 5.41) is 15.9. The molecule has 2 aromatic carbocycles. The Morgan fingerprint density at radius 3 is 2.65 bits per heavy atom. The highest BCUT2D eigenvalue weighted by Gasteiger charge is 2.35. The summed E-state index contributed by atoms with van der Waals surface area (Å²) in [4.78, 5) is 17.1. The molecule has 0 bridgehead atoms. The molecule has 1 amide bonds. The third-order valence-corrected chi connectivity index (χ3v) is 6.68. The van der Waals surface area contributed by atoms with Crippen LogP contribution in [0.1, 0.15) is 22.5 Å². The van der Waals surface area contributed by atoms with E-state index in [0.717, 1.165) is 39.0 Å². The van der Waals surface area contributed by atoms with Crippen LogP contribution in [-0.2, 0) is 11.2 Å². The Balaban J connectivity index is 1.46. The van der Waals surface area contributed by atoms with Crippen LogP contribution >= 0.6 is 11.8 Å². The van der Waals surface area contributed by atoms with E-state index < -0.39 is 5.91 Å². The molecule has 0 radical (unpaired) electrons. The number of carbonyl (C=O) groups excluding carboxylic acids is 1. The van der Waals surface area contributed by atoms with E-state index in [1.165, 1.54) is 16.8 Å². The second-order valence-electron chi connectivity index (χ2n) is 8.04. The van der Waals surface area contributed by atoms with Gasteiger partial charge in [-0.25, -0.2) is 0 Å². The Kier molecular flexibility index (Phi) is 5.67. The summed E-state index contributed by atoms with van der Waals surface area (Å²) in [6, 6.07) is 19.8. The van der Waals surface area contributed by atoms with Crippen molar-refractivity contribution in [3.63, 3.8) is 0 Å². The lowest BCUT2D eigenvalue weighted by atomic mass is 10.1. The molecule has 0 spiro atoms. The molecule has 0 fully saturated rings. The van der Waals surface area contributed by atoms with Crippen LogP contribution in [0.3, 0.4) is 0 Å². The number of carbonyl (C=O) groups is 1. The van der Waals surface area contributed by atoms with Crippen LogP contribution in [0, 0.1) is 19.3 Å². The molecule has 2 aliphatic rings. The summed E-state index contributed by atoms with van der Waals surface area (Å²) >= 11 is 1.34. The standard InChI is InChI=1S/C26H23N5O2S/c1-16-12-19(17(2)30(16)20-10-7-11-21(15-20)33-3)14-22-24(27)31-26(28-25(22)32)34-23(29-31)13-18-8-5-4-6-9-18/h4-12,14-15,27H,13H2,1-3H3. The van der Waals surface area contributed by atoms with Gasteiger partial charge in [-0.2, -0.15) is 15.1 Å². The van der Waals surface area contributed by atoms with Crippen LogP contribution < -0.4 is 4.74 Å². The number of nitrogens with one attached hydrogen (secondary N) is 1. The lowest BCUT2D eigenvalue weighted by Gasteiger charge is -2.20. The maximum atomic E-state index is 12.9. The Labute approximate surface area is 202 Å². The molecule has 1 aromatic heterocycles. The molecule has 170 valence electrons. The second-order valence-corrected chi connectivity index (χ2v) is 9.08. The lowest BCUT2D eigenvalue weighted by Crippen LogP contribution is -2.35. The van der Waals surface area contributed by atoms with E-state index in [0.29, 0.717) is 11.6 Å². The number of thioether (sulfide) groups is 1. The first-order valence-corrected chi connectivity index (χ1v) is 11.6. The average molecular weight is 470 g/mol. The van der Waals surface area contributed by atoms with E-state index in [-0.39, 0.29) is 11.4 Å². The van der Waals surface area contributed by atoms with Crippen molar-refractivity contribution in [2.75, 3.05) is 7.11 Å². The van der Waals surface area contributed by atoms with Crippen LogP contribution in [-0.4, -0.2) is 38.6 Å². The van der Waals surface area contributed by atoms with Crippen molar-refractivity contribution < 1.29 is 9.53 Å². The van der Waals surface area contributed by atoms with Crippen LogP contribution in [0.15, 0.2) is 76.3 Å². The van der Waals surface area contributed by atoms with Gasteiger partial charge in [0.2, 0.25) is 5.17 Å². The first-order chi connectivity index (χ1) is 16.4. The number of rotatable bonds is 5. The molecular formula is C26H23N5O2S. The summed E-state index contributed by atoms with van der Waals surface area (Å²) in [5.74, 6) is 0.384. The van der Waals surface area contributed by atoms with Gasteiger partial charge >= 0.3 is 0 Å². The number of fused-ring (bicyclic) bond motifs is 1. The highest BCUT2D eigenvalue weighted by Crippen LogP contribution is 2.31. The zero-order valence-corrected chi connectivity index (χ0v) is 19.9. The van der Waals surface area contributed by atoms with Gasteiger partial charge in [0.25, 0.3) is 5.91 Å². The Hall–Kier alpha value is -3.91. The third kappa shape index (κ3) is 3.97. The van der Waals surface area contributed by atoms with E-state index in [1.54, 1.807) is 13.2 Å². The van der Waals surface area contributed by atoms with Crippen molar-refractivity contribution in [1.82, 2.24) is 9.58 Å². The van der Waals surface area contributed by atoms with Gasteiger partial charge in [0, 0.05) is 29.6 Å². The number of aryl methyl sites for hydroxylation is 1. The van der Waals surface area contributed by atoms with Crippen LogP contribution in [0.2, 0.25) is 0 Å². The molecule has 0 aliphatic carbocycles. The van der Waals surface area contributed by atoms with Gasteiger partial charge in [-0.15, -0.1) is 0 Å². The highest BCUT2D eigenvalue weighted by atomic mass is 32.2. The number of hydrogen-bond donors (Lipinski definition) is 1. The number of aromatic nitrogens is 1. The fraction of sp³-hybridized carbons (Fsp3) is 0.154. The zero-order valence-electron chi connectivity index (χ0n) is 19.1. The van der Waals surface area contributed by atoms with Crippen molar-refractivity contribution >= 4 is 39.8 Å². The summed E-state index contributed by atoms with van der Waals surface area (Å²) in [6.07, 6.45) is 2.36. The number of nitrogens with zero attached hydrogens (tertiary/aromatic N) is 4. The number of hydrazone groups is 1.